The Kier molecular flexibility index (Phi) is 5.93. The molecule has 0 saturated heterocycles. The van der Waals surface area contributed by atoms with Gasteiger partial charge < -0.3 is 9.88 Å². The Balaban J connectivity index is 1.65. The van der Waals surface area contributed by atoms with Crippen molar-refractivity contribution in [2.45, 2.75) is 6.54 Å². The van der Waals surface area contributed by atoms with Gasteiger partial charge in [0.05, 0.1) is 25.1 Å². The minimum absolute atomic E-state index is 0.220. The van der Waals surface area contributed by atoms with Gasteiger partial charge in [-0.2, -0.15) is 0 Å². The van der Waals surface area contributed by atoms with E-state index in [1.54, 1.807) is 31.9 Å². The van der Waals surface area contributed by atoms with E-state index in [9.17, 15) is 4.79 Å². The van der Waals surface area contributed by atoms with Crippen LogP contribution in [0.2, 0.25) is 0 Å². The molecule has 0 unspecified atom stereocenters. The van der Waals surface area contributed by atoms with Crippen LogP contribution >= 0.6 is 0 Å². The Hall–Kier alpha value is -4.13. The minimum Gasteiger partial charge on any atom is -0.354 e. The van der Waals surface area contributed by atoms with Crippen LogP contribution in [-0.2, 0) is 6.54 Å². The molecular formula is C24H22N6O. The summed E-state index contributed by atoms with van der Waals surface area (Å²) in [6, 6.07) is 7.38. The molecule has 31 heavy (non-hydrogen) atoms. The van der Waals surface area contributed by atoms with Crippen molar-refractivity contribution in [2.75, 3.05) is 13.6 Å². The zero-order valence-electron chi connectivity index (χ0n) is 17.2. The summed E-state index contributed by atoms with van der Waals surface area (Å²) in [5.41, 5.74) is 5.53. The summed E-state index contributed by atoms with van der Waals surface area (Å²) in [5.74, 6) is -0.220. The van der Waals surface area contributed by atoms with Gasteiger partial charge in [0, 0.05) is 25.0 Å². The van der Waals surface area contributed by atoms with E-state index in [-0.39, 0.29) is 5.91 Å². The molecule has 7 nitrogen and oxygen atoms in total. The third-order valence-electron chi connectivity index (χ3n) is 4.75. The van der Waals surface area contributed by atoms with Gasteiger partial charge >= 0.3 is 0 Å². The predicted molar refractivity (Wildman–Crippen MR) is 123 cm³/mol. The van der Waals surface area contributed by atoms with Gasteiger partial charge in [0.1, 0.15) is 11.2 Å². The van der Waals surface area contributed by atoms with Crippen molar-refractivity contribution in [3.63, 3.8) is 0 Å². The van der Waals surface area contributed by atoms with Crippen LogP contribution in [0.1, 0.15) is 10.5 Å². The van der Waals surface area contributed by atoms with Crippen molar-refractivity contribution < 1.29 is 4.79 Å². The first-order chi connectivity index (χ1) is 15.1. The monoisotopic (exact) mass is 410 g/mol. The van der Waals surface area contributed by atoms with Crippen LogP contribution in [0.3, 0.4) is 0 Å². The van der Waals surface area contributed by atoms with E-state index in [4.69, 9.17) is 4.98 Å². The first kappa shape index (κ1) is 20.2. The summed E-state index contributed by atoms with van der Waals surface area (Å²) in [4.78, 5) is 29.5. The van der Waals surface area contributed by atoms with E-state index in [1.165, 1.54) is 0 Å². The third kappa shape index (κ3) is 4.72. The summed E-state index contributed by atoms with van der Waals surface area (Å²) < 4.78 is 2.01. The maximum Gasteiger partial charge on any atom is 0.269 e. The molecule has 0 aromatic carbocycles. The van der Waals surface area contributed by atoms with E-state index in [1.807, 2.05) is 47.1 Å². The molecule has 0 atom stereocenters. The lowest BCUT2D eigenvalue weighted by Gasteiger charge is -2.08. The van der Waals surface area contributed by atoms with Crippen LogP contribution in [0.5, 0.6) is 0 Å². The van der Waals surface area contributed by atoms with Crippen molar-refractivity contribution in [3.8, 4) is 11.3 Å². The lowest BCUT2D eigenvalue weighted by molar-refractivity contribution is 0.0958. The number of hydrogen-bond acceptors (Lipinski definition) is 5. The van der Waals surface area contributed by atoms with Gasteiger partial charge in [0.2, 0.25) is 0 Å². The molecule has 1 amide bonds. The molecule has 3 aromatic rings. The van der Waals surface area contributed by atoms with E-state index in [2.05, 4.69) is 32.9 Å². The van der Waals surface area contributed by atoms with Crippen LogP contribution in [0.4, 0.5) is 0 Å². The van der Waals surface area contributed by atoms with E-state index in [0.717, 1.165) is 33.6 Å². The number of fused-ring (bicyclic) bond motifs is 1. The Morgan fingerprint density at radius 3 is 2.90 bits per heavy atom. The number of amides is 1. The molecule has 3 aromatic heterocycles. The topological polar surface area (TPSA) is 85.1 Å². The van der Waals surface area contributed by atoms with Gasteiger partial charge in [-0.25, -0.2) is 9.97 Å². The number of carbonyl (C=O) groups is 1. The van der Waals surface area contributed by atoms with Crippen LogP contribution in [0.15, 0.2) is 89.9 Å². The molecule has 0 bridgehead atoms. The second-order valence-electron chi connectivity index (χ2n) is 6.99. The number of nitrogens with one attached hydrogen (secondary N) is 1. The average Bonchev–Trinajstić information content (AvgIpc) is 3.20. The molecule has 154 valence electrons. The van der Waals surface area contributed by atoms with Crippen LogP contribution < -0.4 is 5.32 Å². The van der Waals surface area contributed by atoms with Crippen molar-refractivity contribution in [3.05, 3.63) is 90.6 Å². The molecule has 1 aliphatic rings. The van der Waals surface area contributed by atoms with Gasteiger partial charge in [-0.3, -0.25) is 14.8 Å². The smallest absolute Gasteiger partial charge is 0.269 e. The van der Waals surface area contributed by atoms with Gasteiger partial charge in [0.15, 0.2) is 5.65 Å². The largest absolute Gasteiger partial charge is 0.354 e. The first-order valence-corrected chi connectivity index (χ1v) is 9.87. The number of allylic oxidation sites excluding steroid dienone is 6. The second kappa shape index (κ2) is 9.13. The summed E-state index contributed by atoms with van der Waals surface area (Å²) in [6.45, 7) is 5.30. The van der Waals surface area contributed by atoms with Crippen LogP contribution in [0, 0.1) is 0 Å². The van der Waals surface area contributed by atoms with Gasteiger partial charge in [-0.1, -0.05) is 30.9 Å². The van der Waals surface area contributed by atoms with Gasteiger partial charge in [-0.15, -0.1) is 0 Å². The Morgan fingerprint density at radius 2 is 2.10 bits per heavy atom. The first-order valence-electron chi connectivity index (χ1n) is 9.87. The molecule has 0 spiro atoms. The molecule has 1 N–H and O–H groups in total. The quantitative estimate of drug-likeness (QED) is 0.713. The highest BCUT2D eigenvalue weighted by Crippen LogP contribution is 2.21. The van der Waals surface area contributed by atoms with Crippen LogP contribution in [-0.4, -0.2) is 45.2 Å². The van der Waals surface area contributed by atoms with Crippen LogP contribution in [0.25, 0.3) is 22.4 Å². The average molecular weight is 410 g/mol. The SMILES string of the molecule is C=C1C=C(Cn2cnc3ccc(-c4ccc(C(=O)NC)nc4)nc32)/C=C\CN=C/C=C\1. The maximum absolute atomic E-state index is 11.7. The van der Waals surface area contributed by atoms with Gasteiger partial charge in [0.25, 0.3) is 5.91 Å². The predicted octanol–water partition coefficient (Wildman–Crippen LogP) is 3.53. The molecule has 1 aliphatic heterocycles. The molecule has 0 saturated carbocycles. The molecule has 0 aliphatic carbocycles. The number of imidazole rings is 1. The molecule has 0 radical (unpaired) electrons. The fraction of sp³-hybridized carbons (Fsp3) is 0.125. The van der Waals surface area contributed by atoms with Gasteiger partial charge in [-0.05, 0) is 41.5 Å². The highest BCUT2D eigenvalue weighted by molar-refractivity contribution is 5.92. The molecule has 7 heteroatoms. The second-order valence-corrected chi connectivity index (χ2v) is 6.99. The van der Waals surface area contributed by atoms with Crippen molar-refractivity contribution >= 4 is 23.3 Å². The maximum atomic E-state index is 11.7. The van der Waals surface area contributed by atoms with Crippen molar-refractivity contribution in [1.29, 1.82) is 0 Å². The number of hydrogen-bond donors (Lipinski definition) is 1. The number of rotatable bonds is 4. The molecule has 4 heterocycles. The third-order valence-corrected chi connectivity index (χ3v) is 4.75. The van der Waals surface area contributed by atoms with E-state index >= 15 is 0 Å². The van der Waals surface area contributed by atoms with Crippen molar-refractivity contribution in [1.82, 2.24) is 24.8 Å². The fourth-order valence-corrected chi connectivity index (χ4v) is 3.21. The highest BCUT2D eigenvalue weighted by atomic mass is 16.1. The lowest BCUT2D eigenvalue weighted by Crippen LogP contribution is -2.18. The van der Waals surface area contributed by atoms with Crippen molar-refractivity contribution in [2.24, 2.45) is 4.99 Å². The normalized spacial score (nSPS) is 16.0. The Labute approximate surface area is 180 Å². The zero-order valence-corrected chi connectivity index (χ0v) is 17.2. The minimum atomic E-state index is -0.220. The Bertz CT molecular complexity index is 1240. The summed E-state index contributed by atoms with van der Waals surface area (Å²) in [6.07, 6.45) is 15.2. The van der Waals surface area contributed by atoms with E-state index in [0.29, 0.717) is 18.8 Å². The molecular weight excluding hydrogens is 388 g/mol. The number of aromatic nitrogens is 4. The number of aliphatic imine (C=N–C) groups is 1. The number of nitrogens with zero attached hydrogens (tertiary/aromatic N) is 5. The van der Waals surface area contributed by atoms with E-state index < -0.39 is 0 Å². The zero-order chi connectivity index (χ0) is 21.6. The summed E-state index contributed by atoms with van der Waals surface area (Å²) in [5, 5.41) is 2.57. The lowest BCUT2D eigenvalue weighted by atomic mass is 10.1. The number of carbonyl (C=O) groups excluding carboxylic acids is 1. The molecule has 4 rings (SSSR count). The summed E-state index contributed by atoms with van der Waals surface area (Å²) in [7, 11) is 1.58. The number of pyridine rings is 2. The Morgan fingerprint density at radius 1 is 1.19 bits per heavy atom. The molecule has 0 fully saturated rings. The summed E-state index contributed by atoms with van der Waals surface area (Å²) >= 11 is 0. The fourth-order valence-electron chi connectivity index (χ4n) is 3.21. The highest BCUT2D eigenvalue weighted by Gasteiger charge is 2.10. The standard InChI is InChI=1S/C24H22N6O/c1-17-5-3-11-26-12-4-6-18(13-17)15-30-16-28-21-10-9-20(29-23(21)30)19-7-8-22(27-14-19)24(31)25-2/h3-11,13-14,16H,1,12,15H2,2H3,(H,25,31)/b5-3-,6-4-,18-13?,26-11?.